The quantitative estimate of drug-likeness (QED) is 0.842. The topological polar surface area (TPSA) is 69.6 Å². The Kier molecular flexibility index (Phi) is 5.76. The molecule has 0 spiro atoms. The van der Waals surface area contributed by atoms with Crippen molar-refractivity contribution in [2.24, 2.45) is 5.92 Å². The van der Waals surface area contributed by atoms with Crippen molar-refractivity contribution in [1.82, 2.24) is 10.2 Å². The molecule has 2 N–H and O–H groups in total. The lowest BCUT2D eigenvalue weighted by Gasteiger charge is -2.27. The molecule has 1 amide bonds. The van der Waals surface area contributed by atoms with Crippen LogP contribution in [0.1, 0.15) is 30.6 Å². The van der Waals surface area contributed by atoms with Crippen molar-refractivity contribution in [1.29, 1.82) is 0 Å². The monoisotopic (exact) mass is 310 g/mol. The second-order valence-electron chi connectivity index (χ2n) is 5.60. The number of thiophene rings is 1. The zero-order valence-corrected chi connectivity index (χ0v) is 13.1. The molecular weight excluding hydrogens is 288 g/mol. The van der Waals surface area contributed by atoms with Crippen LogP contribution in [0.15, 0.2) is 17.5 Å². The fourth-order valence-electron chi connectivity index (χ4n) is 2.64. The number of hydrogen-bond donors (Lipinski definition) is 2. The standard InChI is InChI=1S/C15H22N2O3S/c1-17(10-13-3-2-8-21-13)14(18)9-16-12-6-4-11(5-7-12)15(19)20/h2-3,8,11-12,16H,4-7,9-10H2,1H3,(H,19,20). The molecule has 1 heterocycles. The van der Waals surface area contributed by atoms with E-state index in [1.807, 2.05) is 24.6 Å². The third-order valence-electron chi connectivity index (χ3n) is 4.02. The van der Waals surface area contributed by atoms with Gasteiger partial charge in [0.1, 0.15) is 0 Å². The number of carbonyl (C=O) groups is 2. The van der Waals surface area contributed by atoms with Crippen molar-refractivity contribution >= 4 is 23.2 Å². The molecule has 1 aromatic rings. The van der Waals surface area contributed by atoms with Gasteiger partial charge in [-0.2, -0.15) is 0 Å². The summed E-state index contributed by atoms with van der Waals surface area (Å²) >= 11 is 1.65. The van der Waals surface area contributed by atoms with Gasteiger partial charge < -0.3 is 15.3 Å². The molecule has 1 aromatic heterocycles. The van der Waals surface area contributed by atoms with Crippen LogP contribution in [-0.2, 0) is 16.1 Å². The molecule has 0 aliphatic heterocycles. The van der Waals surface area contributed by atoms with Crippen LogP contribution in [0.2, 0.25) is 0 Å². The minimum Gasteiger partial charge on any atom is -0.481 e. The van der Waals surface area contributed by atoms with E-state index in [0.717, 1.165) is 12.8 Å². The van der Waals surface area contributed by atoms with Crippen molar-refractivity contribution in [3.05, 3.63) is 22.4 Å². The van der Waals surface area contributed by atoms with Gasteiger partial charge in [-0.1, -0.05) is 6.07 Å². The number of carbonyl (C=O) groups excluding carboxylic acids is 1. The lowest BCUT2D eigenvalue weighted by molar-refractivity contribution is -0.143. The van der Waals surface area contributed by atoms with Crippen LogP contribution in [-0.4, -0.2) is 41.5 Å². The molecule has 0 aromatic carbocycles. The van der Waals surface area contributed by atoms with Crippen LogP contribution in [0.4, 0.5) is 0 Å². The first-order valence-corrected chi connectivity index (χ1v) is 8.16. The first-order valence-electron chi connectivity index (χ1n) is 7.29. The van der Waals surface area contributed by atoms with Gasteiger partial charge in [0, 0.05) is 18.0 Å². The average Bonchev–Trinajstić information content (AvgIpc) is 2.98. The van der Waals surface area contributed by atoms with E-state index in [1.165, 1.54) is 4.88 Å². The maximum Gasteiger partial charge on any atom is 0.306 e. The van der Waals surface area contributed by atoms with Gasteiger partial charge in [-0.3, -0.25) is 9.59 Å². The second kappa shape index (κ2) is 7.56. The van der Waals surface area contributed by atoms with E-state index in [-0.39, 0.29) is 17.9 Å². The Bertz CT molecular complexity index is 467. The van der Waals surface area contributed by atoms with Gasteiger partial charge in [0.05, 0.1) is 19.0 Å². The Balaban J connectivity index is 1.68. The molecule has 116 valence electrons. The fraction of sp³-hybridized carbons (Fsp3) is 0.600. The molecule has 0 radical (unpaired) electrons. The maximum absolute atomic E-state index is 12.1. The Morgan fingerprint density at radius 3 is 2.67 bits per heavy atom. The summed E-state index contributed by atoms with van der Waals surface area (Å²) in [7, 11) is 1.81. The lowest BCUT2D eigenvalue weighted by Crippen LogP contribution is -2.41. The minimum atomic E-state index is -0.694. The van der Waals surface area contributed by atoms with Crippen LogP contribution in [0.3, 0.4) is 0 Å². The van der Waals surface area contributed by atoms with Crippen LogP contribution >= 0.6 is 11.3 Å². The number of hydrogen-bond acceptors (Lipinski definition) is 4. The van der Waals surface area contributed by atoms with E-state index in [2.05, 4.69) is 5.32 Å². The van der Waals surface area contributed by atoms with E-state index in [9.17, 15) is 9.59 Å². The fourth-order valence-corrected chi connectivity index (χ4v) is 3.39. The summed E-state index contributed by atoms with van der Waals surface area (Å²) < 4.78 is 0. The molecule has 1 aliphatic carbocycles. The highest BCUT2D eigenvalue weighted by Gasteiger charge is 2.26. The Hall–Kier alpha value is -1.40. The van der Waals surface area contributed by atoms with E-state index >= 15 is 0 Å². The van der Waals surface area contributed by atoms with Gasteiger partial charge in [-0.15, -0.1) is 11.3 Å². The summed E-state index contributed by atoms with van der Waals surface area (Å²) in [6.07, 6.45) is 3.07. The number of carboxylic acid groups (broad SMARTS) is 1. The van der Waals surface area contributed by atoms with Gasteiger partial charge in [-0.25, -0.2) is 0 Å². The van der Waals surface area contributed by atoms with Gasteiger partial charge in [0.15, 0.2) is 0 Å². The first kappa shape index (κ1) is 16.0. The average molecular weight is 310 g/mol. The summed E-state index contributed by atoms with van der Waals surface area (Å²) in [5.74, 6) is -0.829. The Morgan fingerprint density at radius 2 is 2.10 bits per heavy atom. The van der Waals surface area contributed by atoms with E-state index in [1.54, 1.807) is 16.2 Å². The van der Waals surface area contributed by atoms with E-state index < -0.39 is 5.97 Å². The van der Waals surface area contributed by atoms with E-state index in [4.69, 9.17) is 5.11 Å². The number of amides is 1. The van der Waals surface area contributed by atoms with Gasteiger partial charge >= 0.3 is 5.97 Å². The molecule has 1 fully saturated rings. The summed E-state index contributed by atoms with van der Waals surface area (Å²) in [6, 6.07) is 4.27. The zero-order chi connectivity index (χ0) is 15.2. The summed E-state index contributed by atoms with van der Waals surface area (Å²) in [4.78, 5) is 25.8. The predicted molar refractivity (Wildman–Crippen MR) is 82.2 cm³/mol. The summed E-state index contributed by atoms with van der Waals surface area (Å²) in [6.45, 7) is 0.966. The number of rotatable bonds is 6. The summed E-state index contributed by atoms with van der Waals surface area (Å²) in [5, 5.41) is 14.2. The number of aliphatic carboxylic acids is 1. The van der Waals surface area contributed by atoms with Crippen LogP contribution in [0.25, 0.3) is 0 Å². The number of carboxylic acids is 1. The smallest absolute Gasteiger partial charge is 0.306 e. The predicted octanol–water partition coefficient (Wildman–Crippen LogP) is 1.94. The molecule has 0 unspecified atom stereocenters. The van der Waals surface area contributed by atoms with Crippen molar-refractivity contribution < 1.29 is 14.7 Å². The second-order valence-corrected chi connectivity index (χ2v) is 6.63. The highest BCUT2D eigenvalue weighted by Crippen LogP contribution is 2.24. The molecule has 0 saturated heterocycles. The van der Waals surface area contributed by atoms with Crippen molar-refractivity contribution in [2.75, 3.05) is 13.6 Å². The Morgan fingerprint density at radius 1 is 1.38 bits per heavy atom. The van der Waals surface area contributed by atoms with E-state index in [0.29, 0.717) is 25.9 Å². The van der Waals surface area contributed by atoms with Crippen LogP contribution in [0, 0.1) is 5.92 Å². The molecular formula is C15H22N2O3S. The van der Waals surface area contributed by atoms with Crippen molar-refractivity contribution in [3.8, 4) is 0 Å². The molecule has 0 bridgehead atoms. The minimum absolute atomic E-state index is 0.0729. The largest absolute Gasteiger partial charge is 0.481 e. The number of likely N-dealkylation sites (N-methyl/N-ethyl adjacent to an activating group) is 1. The number of nitrogens with one attached hydrogen (secondary N) is 1. The molecule has 6 heteroatoms. The molecule has 1 aliphatic rings. The third-order valence-corrected chi connectivity index (χ3v) is 4.88. The SMILES string of the molecule is CN(Cc1cccs1)C(=O)CNC1CCC(C(=O)O)CC1. The third kappa shape index (κ3) is 4.82. The van der Waals surface area contributed by atoms with Crippen molar-refractivity contribution in [3.63, 3.8) is 0 Å². The highest BCUT2D eigenvalue weighted by atomic mass is 32.1. The molecule has 5 nitrogen and oxygen atoms in total. The van der Waals surface area contributed by atoms with Crippen LogP contribution in [0.5, 0.6) is 0 Å². The zero-order valence-electron chi connectivity index (χ0n) is 12.2. The summed E-state index contributed by atoms with van der Waals surface area (Å²) in [5.41, 5.74) is 0. The molecule has 1 saturated carbocycles. The lowest BCUT2D eigenvalue weighted by atomic mass is 9.86. The van der Waals surface area contributed by atoms with Gasteiger partial charge in [-0.05, 0) is 37.1 Å². The Labute approximate surface area is 129 Å². The maximum atomic E-state index is 12.1. The van der Waals surface area contributed by atoms with Crippen LogP contribution < -0.4 is 5.32 Å². The molecule has 0 atom stereocenters. The van der Waals surface area contributed by atoms with Crippen molar-refractivity contribution in [2.45, 2.75) is 38.3 Å². The number of nitrogens with zero attached hydrogens (tertiary/aromatic N) is 1. The van der Waals surface area contributed by atoms with Gasteiger partial charge in [0.25, 0.3) is 0 Å². The molecule has 2 rings (SSSR count). The first-order chi connectivity index (χ1) is 10.1. The molecule has 21 heavy (non-hydrogen) atoms. The van der Waals surface area contributed by atoms with Gasteiger partial charge in [0.2, 0.25) is 5.91 Å². The normalized spacial score (nSPS) is 22.0. The highest BCUT2D eigenvalue weighted by molar-refractivity contribution is 7.09.